The van der Waals surface area contributed by atoms with Crippen molar-refractivity contribution in [2.75, 3.05) is 19.6 Å². The lowest BCUT2D eigenvalue weighted by atomic mass is 9.94. The minimum absolute atomic E-state index is 0.467. The van der Waals surface area contributed by atoms with Crippen molar-refractivity contribution in [3.8, 4) is 0 Å². The molecule has 0 saturated carbocycles. The van der Waals surface area contributed by atoms with E-state index in [9.17, 15) is 13.2 Å². The molecule has 2 rings (SSSR count). The Morgan fingerprint density at radius 2 is 2.06 bits per heavy atom. The van der Waals surface area contributed by atoms with Crippen molar-refractivity contribution < 1.29 is 13.2 Å². The highest BCUT2D eigenvalue weighted by Gasteiger charge is 2.35. The zero-order chi connectivity index (χ0) is 13.2. The Bertz CT molecular complexity index is 415. The normalized spacial score (nSPS) is 16.7. The highest BCUT2D eigenvalue weighted by molar-refractivity contribution is 5.38. The molecule has 2 N–H and O–H groups in total. The summed E-state index contributed by atoms with van der Waals surface area (Å²) in [5, 5.41) is 0. The molecule has 0 unspecified atom stereocenters. The first-order valence-corrected chi connectivity index (χ1v) is 6.13. The summed E-state index contributed by atoms with van der Waals surface area (Å²) >= 11 is 0. The Morgan fingerprint density at radius 3 is 2.72 bits per heavy atom. The molecule has 1 heterocycles. The number of fused-ring (bicyclic) bond motifs is 1. The summed E-state index contributed by atoms with van der Waals surface area (Å²) in [6.07, 6.45) is -2.89. The number of hydrogen-bond acceptors (Lipinski definition) is 2. The monoisotopic (exact) mass is 258 g/mol. The van der Waals surface area contributed by atoms with Crippen molar-refractivity contribution >= 4 is 0 Å². The maximum absolute atomic E-state index is 12.8. The van der Waals surface area contributed by atoms with Gasteiger partial charge in [0.05, 0.1) is 5.56 Å². The molecular formula is C13H17F3N2. The van der Waals surface area contributed by atoms with Gasteiger partial charge in [0.15, 0.2) is 0 Å². The van der Waals surface area contributed by atoms with E-state index in [4.69, 9.17) is 5.73 Å². The largest absolute Gasteiger partial charge is 0.416 e. The number of nitrogens with zero attached hydrogens (tertiary/aromatic N) is 1. The van der Waals surface area contributed by atoms with E-state index in [1.807, 2.05) is 0 Å². The standard InChI is InChI=1S/C13H17F3N2/c14-13(15,16)12-4-1-3-10-9-18(7-2-6-17)8-5-11(10)12/h1,3-4H,2,5-9,17H2. The topological polar surface area (TPSA) is 29.3 Å². The van der Waals surface area contributed by atoms with Crippen LogP contribution in [-0.2, 0) is 19.1 Å². The minimum Gasteiger partial charge on any atom is -0.330 e. The number of nitrogens with two attached hydrogens (primary N) is 1. The van der Waals surface area contributed by atoms with E-state index in [1.165, 1.54) is 12.1 Å². The van der Waals surface area contributed by atoms with Gasteiger partial charge in [-0.15, -0.1) is 0 Å². The summed E-state index contributed by atoms with van der Waals surface area (Å²) in [6, 6.07) is 4.46. The number of rotatable bonds is 3. The smallest absolute Gasteiger partial charge is 0.330 e. The molecule has 1 aliphatic rings. The molecule has 0 aromatic heterocycles. The lowest BCUT2D eigenvalue weighted by Crippen LogP contribution is -2.33. The SMILES string of the molecule is NCCCN1CCc2c(cccc2C(F)(F)F)C1. The fraction of sp³-hybridized carbons (Fsp3) is 0.538. The molecule has 0 spiro atoms. The molecule has 1 aliphatic heterocycles. The van der Waals surface area contributed by atoms with Gasteiger partial charge in [-0.3, -0.25) is 4.90 Å². The van der Waals surface area contributed by atoms with Crippen molar-refractivity contribution in [2.24, 2.45) is 5.73 Å². The molecule has 0 amide bonds. The summed E-state index contributed by atoms with van der Waals surface area (Å²) in [5.41, 5.74) is 6.24. The fourth-order valence-corrected chi connectivity index (χ4v) is 2.44. The lowest BCUT2D eigenvalue weighted by Gasteiger charge is -2.30. The Balaban J connectivity index is 2.19. The summed E-state index contributed by atoms with van der Waals surface area (Å²) in [4.78, 5) is 2.16. The van der Waals surface area contributed by atoms with E-state index in [-0.39, 0.29) is 0 Å². The van der Waals surface area contributed by atoms with Gasteiger partial charge in [0.2, 0.25) is 0 Å². The van der Waals surface area contributed by atoms with Crippen LogP contribution in [0.25, 0.3) is 0 Å². The number of hydrogen-bond donors (Lipinski definition) is 1. The van der Waals surface area contributed by atoms with E-state index >= 15 is 0 Å². The van der Waals surface area contributed by atoms with E-state index in [1.54, 1.807) is 6.07 Å². The Morgan fingerprint density at radius 1 is 1.28 bits per heavy atom. The van der Waals surface area contributed by atoms with Crippen LogP contribution < -0.4 is 5.73 Å². The third kappa shape index (κ3) is 2.84. The van der Waals surface area contributed by atoms with Gasteiger partial charge in [0.1, 0.15) is 0 Å². The van der Waals surface area contributed by atoms with Gasteiger partial charge < -0.3 is 5.73 Å². The van der Waals surface area contributed by atoms with E-state index < -0.39 is 11.7 Å². The highest BCUT2D eigenvalue weighted by Crippen LogP contribution is 2.35. The highest BCUT2D eigenvalue weighted by atomic mass is 19.4. The van der Waals surface area contributed by atoms with Crippen LogP contribution in [0.3, 0.4) is 0 Å². The van der Waals surface area contributed by atoms with Gasteiger partial charge >= 0.3 is 6.18 Å². The third-order valence-electron chi connectivity index (χ3n) is 3.33. The van der Waals surface area contributed by atoms with Gasteiger partial charge in [-0.1, -0.05) is 12.1 Å². The molecule has 0 saturated heterocycles. The Kier molecular flexibility index (Phi) is 3.92. The van der Waals surface area contributed by atoms with Crippen LogP contribution >= 0.6 is 0 Å². The predicted octanol–water partition coefficient (Wildman–Crippen LogP) is 2.41. The van der Waals surface area contributed by atoms with Crippen molar-refractivity contribution in [1.29, 1.82) is 0 Å². The number of halogens is 3. The van der Waals surface area contributed by atoms with Crippen LogP contribution in [0.2, 0.25) is 0 Å². The first-order valence-electron chi connectivity index (χ1n) is 6.13. The van der Waals surface area contributed by atoms with E-state index in [2.05, 4.69) is 4.90 Å². The zero-order valence-corrected chi connectivity index (χ0v) is 10.1. The molecule has 0 atom stereocenters. The molecule has 0 fully saturated rings. The van der Waals surface area contributed by atoms with Crippen LogP contribution in [0.4, 0.5) is 13.2 Å². The summed E-state index contributed by atoms with van der Waals surface area (Å²) in [6.45, 7) is 2.75. The van der Waals surface area contributed by atoms with Crippen LogP contribution in [0.15, 0.2) is 18.2 Å². The zero-order valence-electron chi connectivity index (χ0n) is 10.1. The van der Waals surface area contributed by atoms with Gasteiger partial charge in [-0.05, 0) is 43.1 Å². The van der Waals surface area contributed by atoms with E-state index in [0.29, 0.717) is 31.6 Å². The Labute approximate surface area is 105 Å². The van der Waals surface area contributed by atoms with Crippen LogP contribution in [0.1, 0.15) is 23.1 Å². The maximum Gasteiger partial charge on any atom is 0.416 e. The molecule has 2 nitrogen and oxygen atoms in total. The molecule has 1 aromatic carbocycles. The van der Waals surface area contributed by atoms with Crippen LogP contribution in [-0.4, -0.2) is 24.5 Å². The maximum atomic E-state index is 12.8. The fourth-order valence-electron chi connectivity index (χ4n) is 2.44. The molecule has 1 aromatic rings. The molecule has 100 valence electrons. The number of benzene rings is 1. The molecule has 18 heavy (non-hydrogen) atoms. The second-order valence-corrected chi connectivity index (χ2v) is 4.61. The molecule has 0 radical (unpaired) electrons. The first-order chi connectivity index (χ1) is 8.52. The second-order valence-electron chi connectivity index (χ2n) is 4.61. The minimum atomic E-state index is -4.25. The molecule has 0 aliphatic carbocycles. The van der Waals surface area contributed by atoms with Crippen molar-refractivity contribution in [3.63, 3.8) is 0 Å². The van der Waals surface area contributed by atoms with Gasteiger partial charge in [0.25, 0.3) is 0 Å². The van der Waals surface area contributed by atoms with E-state index in [0.717, 1.165) is 18.5 Å². The predicted molar refractivity (Wildman–Crippen MR) is 64.1 cm³/mol. The van der Waals surface area contributed by atoms with Gasteiger partial charge in [0, 0.05) is 13.1 Å². The molecular weight excluding hydrogens is 241 g/mol. The van der Waals surface area contributed by atoms with Gasteiger partial charge in [-0.2, -0.15) is 13.2 Å². The molecule has 5 heteroatoms. The lowest BCUT2D eigenvalue weighted by molar-refractivity contribution is -0.138. The van der Waals surface area contributed by atoms with Crippen molar-refractivity contribution in [1.82, 2.24) is 4.90 Å². The second kappa shape index (κ2) is 5.28. The molecule has 0 bridgehead atoms. The average Bonchev–Trinajstić information content (AvgIpc) is 2.34. The average molecular weight is 258 g/mol. The third-order valence-corrected chi connectivity index (χ3v) is 3.33. The van der Waals surface area contributed by atoms with Crippen LogP contribution in [0.5, 0.6) is 0 Å². The number of alkyl halides is 3. The summed E-state index contributed by atoms with van der Waals surface area (Å²) in [5.74, 6) is 0. The Hall–Kier alpha value is -1.07. The van der Waals surface area contributed by atoms with Crippen molar-refractivity contribution in [2.45, 2.75) is 25.6 Å². The van der Waals surface area contributed by atoms with Gasteiger partial charge in [-0.25, -0.2) is 0 Å². The van der Waals surface area contributed by atoms with Crippen molar-refractivity contribution in [3.05, 3.63) is 34.9 Å². The first kappa shape index (κ1) is 13.4. The quantitative estimate of drug-likeness (QED) is 0.902. The summed E-state index contributed by atoms with van der Waals surface area (Å²) in [7, 11) is 0. The summed E-state index contributed by atoms with van der Waals surface area (Å²) < 4.78 is 38.5. The van der Waals surface area contributed by atoms with Crippen LogP contribution in [0, 0.1) is 0 Å².